The van der Waals surface area contributed by atoms with Crippen LogP contribution in [0.25, 0.3) is 0 Å². The third-order valence-corrected chi connectivity index (χ3v) is 2.78. The molecule has 0 aliphatic heterocycles. The summed E-state index contributed by atoms with van der Waals surface area (Å²) in [6, 6.07) is 1.93. The van der Waals surface area contributed by atoms with Gasteiger partial charge in [0.1, 0.15) is 5.82 Å². The molecule has 0 heterocycles. The van der Waals surface area contributed by atoms with Gasteiger partial charge in [0.15, 0.2) is 5.12 Å². The Morgan fingerprint density at radius 3 is 2.53 bits per heavy atom. The molecular weight excluding hydrogens is 243 g/mol. The number of benzene rings is 1. The van der Waals surface area contributed by atoms with E-state index in [2.05, 4.69) is 0 Å². The summed E-state index contributed by atoms with van der Waals surface area (Å²) >= 11 is 6.41. The molecule has 0 unspecified atom stereocenters. The zero-order valence-corrected chi connectivity index (χ0v) is 9.16. The smallest absolute Gasteiger partial charge is 0.338 e. The average Bonchev–Trinajstić information content (AvgIpc) is 2.08. The van der Waals surface area contributed by atoms with Crippen LogP contribution in [0.5, 0.6) is 0 Å². The Balaban J connectivity index is 3.23. The molecule has 1 rings (SSSR count). The molecule has 1 N–H and O–H groups in total. The lowest BCUT2D eigenvalue weighted by Gasteiger charge is -2.04. The van der Waals surface area contributed by atoms with E-state index in [1.165, 1.54) is 6.92 Å². The third kappa shape index (κ3) is 2.94. The lowest BCUT2D eigenvalue weighted by molar-refractivity contribution is -0.109. The highest BCUT2D eigenvalue weighted by atomic mass is 35.5. The summed E-state index contributed by atoms with van der Waals surface area (Å²) in [7, 11) is 0. The van der Waals surface area contributed by atoms with E-state index < -0.39 is 17.3 Å². The highest BCUT2D eigenvalue weighted by Gasteiger charge is 2.15. The van der Waals surface area contributed by atoms with Crippen molar-refractivity contribution in [3.8, 4) is 0 Å². The van der Waals surface area contributed by atoms with Crippen molar-refractivity contribution in [1.29, 1.82) is 0 Å². The highest BCUT2D eigenvalue weighted by Crippen LogP contribution is 2.30. The van der Waals surface area contributed by atoms with Gasteiger partial charge in [-0.2, -0.15) is 0 Å². The van der Waals surface area contributed by atoms with E-state index in [1.807, 2.05) is 0 Å². The molecule has 0 radical (unpaired) electrons. The molecule has 0 aliphatic carbocycles. The van der Waals surface area contributed by atoms with Crippen LogP contribution in [-0.4, -0.2) is 16.2 Å². The first-order valence-electron chi connectivity index (χ1n) is 3.82. The largest absolute Gasteiger partial charge is 0.478 e. The molecule has 80 valence electrons. The summed E-state index contributed by atoms with van der Waals surface area (Å²) in [6.07, 6.45) is 0. The predicted octanol–water partition coefficient (Wildman–Crippen LogP) is 2.82. The molecule has 0 aromatic heterocycles. The molecule has 0 spiro atoms. The topological polar surface area (TPSA) is 54.4 Å². The number of carbonyl (C=O) groups excluding carboxylic acids is 1. The van der Waals surface area contributed by atoms with Crippen molar-refractivity contribution in [3.05, 3.63) is 28.5 Å². The Morgan fingerprint density at radius 1 is 1.47 bits per heavy atom. The second-order valence-corrected chi connectivity index (χ2v) is 4.29. The van der Waals surface area contributed by atoms with Crippen molar-refractivity contribution in [2.75, 3.05) is 0 Å². The molecule has 15 heavy (non-hydrogen) atoms. The average molecular weight is 249 g/mol. The lowest BCUT2D eigenvalue weighted by Crippen LogP contribution is -2.01. The third-order valence-electron chi connectivity index (χ3n) is 1.51. The second-order valence-electron chi connectivity index (χ2n) is 2.66. The monoisotopic (exact) mass is 248 g/mol. The molecule has 3 nitrogen and oxygen atoms in total. The lowest BCUT2D eigenvalue weighted by atomic mass is 10.2. The van der Waals surface area contributed by atoms with E-state index in [1.54, 1.807) is 0 Å². The van der Waals surface area contributed by atoms with Gasteiger partial charge in [-0.15, -0.1) is 0 Å². The number of thioether (sulfide) groups is 1. The number of hydrogen-bond donors (Lipinski definition) is 1. The van der Waals surface area contributed by atoms with E-state index in [4.69, 9.17) is 16.7 Å². The molecule has 0 bridgehead atoms. The van der Waals surface area contributed by atoms with Gasteiger partial charge in [-0.1, -0.05) is 23.4 Å². The number of halogens is 2. The maximum atomic E-state index is 13.1. The van der Waals surface area contributed by atoms with E-state index >= 15 is 0 Å². The number of carbonyl (C=O) groups is 2. The number of carboxylic acid groups (broad SMARTS) is 1. The van der Waals surface area contributed by atoms with Crippen LogP contribution in [0.3, 0.4) is 0 Å². The van der Waals surface area contributed by atoms with Gasteiger partial charge in [-0.05, 0) is 12.1 Å². The minimum atomic E-state index is -1.39. The SMILES string of the molecule is CC(=O)Sc1cc(C(=O)O)c(F)cc1Cl. The molecule has 0 aliphatic rings. The molecule has 0 fully saturated rings. The van der Waals surface area contributed by atoms with Gasteiger partial charge < -0.3 is 5.11 Å². The number of carboxylic acids is 1. The minimum absolute atomic E-state index is 0.0256. The van der Waals surface area contributed by atoms with Gasteiger partial charge in [-0.25, -0.2) is 9.18 Å². The zero-order chi connectivity index (χ0) is 11.6. The Labute approximate surface area is 94.2 Å². The van der Waals surface area contributed by atoms with E-state index in [-0.39, 0.29) is 15.0 Å². The van der Waals surface area contributed by atoms with E-state index in [0.717, 1.165) is 23.9 Å². The van der Waals surface area contributed by atoms with E-state index in [9.17, 15) is 14.0 Å². The summed E-state index contributed by atoms with van der Waals surface area (Å²) in [5.41, 5.74) is -0.497. The first-order chi connectivity index (χ1) is 6.91. The normalized spacial score (nSPS) is 10.1. The van der Waals surface area contributed by atoms with E-state index in [0.29, 0.717) is 0 Å². The first-order valence-corrected chi connectivity index (χ1v) is 5.02. The molecule has 0 saturated carbocycles. The van der Waals surface area contributed by atoms with Crippen molar-refractivity contribution in [1.82, 2.24) is 0 Å². The molecule has 0 atom stereocenters. The number of rotatable bonds is 2. The molecule has 0 amide bonds. The van der Waals surface area contributed by atoms with Crippen LogP contribution in [0.1, 0.15) is 17.3 Å². The van der Waals surface area contributed by atoms with Crippen LogP contribution in [0.4, 0.5) is 4.39 Å². The van der Waals surface area contributed by atoms with Crippen LogP contribution in [-0.2, 0) is 4.79 Å². The Kier molecular flexibility index (Phi) is 3.71. The molecule has 1 aromatic rings. The number of hydrogen-bond acceptors (Lipinski definition) is 3. The van der Waals surface area contributed by atoms with Crippen LogP contribution >= 0.6 is 23.4 Å². The van der Waals surface area contributed by atoms with Crippen LogP contribution in [0.2, 0.25) is 5.02 Å². The molecule has 6 heteroatoms. The van der Waals surface area contributed by atoms with Crippen LogP contribution in [0, 0.1) is 5.82 Å². The summed E-state index contributed by atoms with van der Waals surface area (Å²) < 4.78 is 13.1. The predicted molar refractivity (Wildman–Crippen MR) is 54.9 cm³/mol. The molecule has 0 saturated heterocycles. The van der Waals surface area contributed by atoms with Crippen LogP contribution < -0.4 is 0 Å². The highest BCUT2D eigenvalue weighted by molar-refractivity contribution is 8.13. The van der Waals surface area contributed by atoms with Crippen LogP contribution in [0.15, 0.2) is 17.0 Å². The number of aromatic carboxylic acids is 1. The zero-order valence-electron chi connectivity index (χ0n) is 7.58. The second kappa shape index (κ2) is 4.63. The summed E-state index contributed by atoms with van der Waals surface area (Å²) in [4.78, 5) is 21.6. The van der Waals surface area contributed by atoms with Crippen molar-refractivity contribution < 1.29 is 19.1 Å². The Bertz CT molecular complexity index is 434. The quantitative estimate of drug-likeness (QED) is 0.818. The fraction of sp³-hybridized carbons (Fsp3) is 0.111. The van der Waals surface area contributed by atoms with Crippen molar-refractivity contribution in [2.45, 2.75) is 11.8 Å². The summed E-state index contributed by atoms with van der Waals surface area (Å²) in [5.74, 6) is -2.31. The minimum Gasteiger partial charge on any atom is -0.478 e. The van der Waals surface area contributed by atoms with Crippen molar-refractivity contribution in [3.63, 3.8) is 0 Å². The van der Waals surface area contributed by atoms with Gasteiger partial charge in [0.05, 0.1) is 10.6 Å². The molecule has 1 aromatic carbocycles. The fourth-order valence-electron chi connectivity index (χ4n) is 0.926. The summed E-state index contributed by atoms with van der Waals surface area (Å²) in [6.45, 7) is 1.31. The standard InChI is InChI=1S/C9H6ClFO3S/c1-4(12)15-8-2-5(9(13)14)7(11)3-6(8)10/h2-3H,1H3,(H,13,14). The Morgan fingerprint density at radius 2 is 2.07 bits per heavy atom. The maximum Gasteiger partial charge on any atom is 0.338 e. The van der Waals surface area contributed by atoms with Gasteiger partial charge >= 0.3 is 5.97 Å². The van der Waals surface area contributed by atoms with Crippen molar-refractivity contribution >= 4 is 34.4 Å². The first kappa shape index (κ1) is 12.0. The maximum absolute atomic E-state index is 13.1. The van der Waals surface area contributed by atoms with Gasteiger partial charge in [0, 0.05) is 11.8 Å². The van der Waals surface area contributed by atoms with Crippen molar-refractivity contribution in [2.24, 2.45) is 0 Å². The van der Waals surface area contributed by atoms with Gasteiger partial charge in [0.2, 0.25) is 0 Å². The van der Waals surface area contributed by atoms with Gasteiger partial charge in [-0.3, -0.25) is 4.79 Å². The fourth-order valence-corrected chi connectivity index (χ4v) is 1.84. The Hall–Kier alpha value is -1.07. The molecular formula is C9H6ClFO3S. The van der Waals surface area contributed by atoms with Gasteiger partial charge in [0.25, 0.3) is 0 Å². The summed E-state index contributed by atoms with van der Waals surface area (Å²) in [5, 5.41) is 8.41.